The Morgan fingerprint density at radius 1 is 1.36 bits per heavy atom. The zero-order chi connectivity index (χ0) is 15.7. The molecule has 3 aromatic heterocycles. The first kappa shape index (κ1) is 14.2. The number of methoxy groups -OCH3 is 1. The number of rotatable bonds is 4. The highest BCUT2D eigenvalue weighted by molar-refractivity contribution is 5.90. The Kier molecular flexibility index (Phi) is 3.58. The summed E-state index contributed by atoms with van der Waals surface area (Å²) in [5, 5.41) is 3.76. The first-order valence-electron chi connectivity index (χ1n) is 6.45. The highest BCUT2D eigenvalue weighted by Gasteiger charge is 2.24. The van der Waals surface area contributed by atoms with Crippen LogP contribution in [-0.4, -0.2) is 32.2 Å². The summed E-state index contributed by atoms with van der Waals surface area (Å²) in [4.78, 5) is 15.9. The van der Waals surface area contributed by atoms with Crippen molar-refractivity contribution in [2.24, 2.45) is 0 Å². The lowest BCUT2D eigenvalue weighted by atomic mass is 10.2. The fourth-order valence-electron chi connectivity index (χ4n) is 2.18. The minimum Gasteiger partial charge on any atom is -0.465 e. The molecule has 6 nitrogen and oxygen atoms in total. The minimum absolute atomic E-state index is 0.179. The lowest BCUT2D eigenvalue weighted by Gasteiger charge is -1.97. The number of hydrogen-bond donors (Lipinski definition) is 0. The number of imidazole rings is 1. The van der Waals surface area contributed by atoms with E-state index in [1.165, 1.54) is 10.9 Å². The maximum atomic E-state index is 12.9. The van der Waals surface area contributed by atoms with Crippen molar-refractivity contribution in [3.63, 3.8) is 0 Å². The van der Waals surface area contributed by atoms with Crippen LogP contribution < -0.4 is 0 Å². The molecule has 0 bridgehead atoms. The van der Waals surface area contributed by atoms with Gasteiger partial charge in [-0.15, -0.1) is 0 Å². The predicted molar refractivity (Wildman–Crippen MR) is 72.8 cm³/mol. The van der Waals surface area contributed by atoms with Gasteiger partial charge >= 0.3 is 5.97 Å². The van der Waals surface area contributed by atoms with Crippen LogP contribution in [0.15, 0.2) is 36.8 Å². The smallest absolute Gasteiger partial charge is 0.341 e. The number of pyridine rings is 1. The molecule has 3 aromatic rings. The van der Waals surface area contributed by atoms with Gasteiger partial charge in [-0.3, -0.25) is 4.68 Å². The van der Waals surface area contributed by atoms with E-state index in [4.69, 9.17) is 0 Å². The standard InChI is InChI=1S/C14H12F2N4O2/c1-22-14(21)10-8-20(18-12(10)13(15)16)7-9-6-19-5-3-2-4-11(19)17-9/h2-6,8,13H,7H2,1H3. The van der Waals surface area contributed by atoms with Gasteiger partial charge in [-0.1, -0.05) is 6.07 Å². The fourth-order valence-corrected chi connectivity index (χ4v) is 2.18. The van der Waals surface area contributed by atoms with Crippen molar-refractivity contribution in [3.05, 3.63) is 53.7 Å². The molecule has 22 heavy (non-hydrogen) atoms. The van der Waals surface area contributed by atoms with Crippen molar-refractivity contribution in [2.75, 3.05) is 7.11 Å². The molecule has 3 rings (SSSR count). The van der Waals surface area contributed by atoms with E-state index in [1.807, 2.05) is 28.8 Å². The maximum Gasteiger partial charge on any atom is 0.341 e. The van der Waals surface area contributed by atoms with Crippen LogP contribution in [0, 0.1) is 0 Å². The number of esters is 1. The van der Waals surface area contributed by atoms with Crippen LogP contribution >= 0.6 is 0 Å². The highest BCUT2D eigenvalue weighted by Crippen LogP contribution is 2.22. The summed E-state index contributed by atoms with van der Waals surface area (Å²) >= 11 is 0. The van der Waals surface area contributed by atoms with Crippen LogP contribution in [0.1, 0.15) is 28.2 Å². The lowest BCUT2D eigenvalue weighted by Crippen LogP contribution is -2.03. The van der Waals surface area contributed by atoms with Gasteiger partial charge in [0.1, 0.15) is 16.9 Å². The summed E-state index contributed by atoms with van der Waals surface area (Å²) in [6.07, 6.45) is 2.00. The number of nitrogens with zero attached hydrogens (tertiary/aromatic N) is 4. The monoisotopic (exact) mass is 306 g/mol. The first-order valence-corrected chi connectivity index (χ1v) is 6.45. The molecule has 3 heterocycles. The average molecular weight is 306 g/mol. The van der Waals surface area contributed by atoms with Crippen LogP contribution in [-0.2, 0) is 11.3 Å². The van der Waals surface area contributed by atoms with E-state index < -0.39 is 18.1 Å². The molecule has 0 aliphatic rings. The van der Waals surface area contributed by atoms with Gasteiger partial charge in [0.05, 0.1) is 19.3 Å². The molecule has 0 fully saturated rings. The Morgan fingerprint density at radius 2 is 2.18 bits per heavy atom. The van der Waals surface area contributed by atoms with Gasteiger partial charge in [-0.25, -0.2) is 18.6 Å². The van der Waals surface area contributed by atoms with E-state index in [-0.39, 0.29) is 12.1 Å². The molecule has 0 saturated heterocycles. The van der Waals surface area contributed by atoms with Crippen molar-refractivity contribution in [1.82, 2.24) is 19.2 Å². The average Bonchev–Trinajstić information content (AvgIpc) is 3.10. The fraction of sp³-hybridized carbons (Fsp3) is 0.214. The van der Waals surface area contributed by atoms with Gasteiger partial charge in [0, 0.05) is 18.6 Å². The summed E-state index contributed by atoms with van der Waals surface area (Å²) in [5.74, 6) is -0.837. The number of aromatic nitrogens is 4. The van der Waals surface area contributed by atoms with Crippen molar-refractivity contribution < 1.29 is 18.3 Å². The van der Waals surface area contributed by atoms with Crippen molar-refractivity contribution in [1.29, 1.82) is 0 Å². The third-order valence-electron chi connectivity index (χ3n) is 3.14. The maximum absolute atomic E-state index is 12.9. The van der Waals surface area contributed by atoms with Crippen molar-refractivity contribution >= 4 is 11.6 Å². The number of hydrogen-bond acceptors (Lipinski definition) is 4. The van der Waals surface area contributed by atoms with E-state index >= 15 is 0 Å². The first-order chi connectivity index (χ1) is 10.6. The van der Waals surface area contributed by atoms with E-state index in [0.29, 0.717) is 5.69 Å². The molecule has 0 aliphatic heterocycles. The molecule has 0 amide bonds. The number of fused-ring (bicyclic) bond motifs is 1. The molecule has 0 N–H and O–H groups in total. The molecule has 0 saturated carbocycles. The Hall–Kier alpha value is -2.77. The van der Waals surface area contributed by atoms with Gasteiger partial charge in [0.25, 0.3) is 6.43 Å². The van der Waals surface area contributed by atoms with Crippen LogP contribution in [0.3, 0.4) is 0 Å². The Morgan fingerprint density at radius 3 is 2.86 bits per heavy atom. The summed E-state index contributed by atoms with van der Waals surface area (Å²) in [5.41, 5.74) is 0.565. The molecule has 0 spiro atoms. The van der Waals surface area contributed by atoms with E-state index in [0.717, 1.165) is 12.8 Å². The topological polar surface area (TPSA) is 61.4 Å². The summed E-state index contributed by atoms with van der Waals surface area (Å²) in [7, 11) is 1.14. The second kappa shape index (κ2) is 5.55. The quantitative estimate of drug-likeness (QED) is 0.694. The molecule has 0 radical (unpaired) electrons. The molecule has 0 aromatic carbocycles. The molecule has 0 unspecified atom stereocenters. The zero-order valence-electron chi connectivity index (χ0n) is 11.6. The van der Waals surface area contributed by atoms with Crippen molar-refractivity contribution in [2.45, 2.75) is 13.0 Å². The second-order valence-electron chi connectivity index (χ2n) is 4.62. The molecule has 114 valence electrons. The number of carbonyl (C=O) groups excluding carboxylic acids is 1. The summed E-state index contributed by atoms with van der Waals surface area (Å²) < 4.78 is 33.4. The van der Waals surface area contributed by atoms with Gasteiger partial charge in [-0.2, -0.15) is 5.10 Å². The third kappa shape index (κ3) is 2.54. The molecule has 8 heteroatoms. The van der Waals surface area contributed by atoms with Crippen LogP contribution in [0.4, 0.5) is 8.78 Å². The molecule has 0 atom stereocenters. The highest BCUT2D eigenvalue weighted by atomic mass is 19.3. The molecular formula is C14H12F2N4O2. The third-order valence-corrected chi connectivity index (χ3v) is 3.14. The number of alkyl halides is 2. The van der Waals surface area contributed by atoms with Gasteiger partial charge in [-0.05, 0) is 12.1 Å². The van der Waals surface area contributed by atoms with Gasteiger partial charge in [0.15, 0.2) is 0 Å². The zero-order valence-corrected chi connectivity index (χ0v) is 11.6. The van der Waals surface area contributed by atoms with Crippen LogP contribution in [0.2, 0.25) is 0 Å². The van der Waals surface area contributed by atoms with Gasteiger partial charge < -0.3 is 9.14 Å². The van der Waals surface area contributed by atoms with Gasteiger partial charge in [0.2, 0.25) is 0 Å². The minimum atomic E-state index is -2.85. The SMILES string of the molecule is COC(=O)c1cn(Cc2cn3ccccc3n2)nc1C(F)F. The summed E-state index contributed by atoms with van der Waals surface area (Å²) in [6.45, 7) is 0.179. The largest absolute Gasteiger partial charge is 0.465 e. The summed E-state index contributed by atoms with van der Waals surface area (Å²) in [6, 6.07) is 5.54. The van der Waals surface area contributed by atoms with Crippen LogP contribution in [0.25, 0.3) is 5.65 Å². The molecular weight excluding hydrogens is 294 g/mol. The Labute approximate surface area is 123 Å². The normalized spacial score (nSPS) is 11.3. The number of ether oxygens (including phenoxy) is 1. The Bertz CT molecular complexity index is 792. The number of halogens is 2. The number of carbonyl (C=O) groups is 1. The Balaban J connectivity index is 1.93. The predicted octanol–water partition coefficient (Wildman–Crippen LogP) is 2.30. The second-order valence-corrected chi connectivity index (χ2v) is 4.62. The van der Waals surface area contributed by atoms with E-state index in [9.17, 15) is 13.6 Å². The lowest BCUT2D eigenvalue weighted by molar-refractivity contribution is 0.0589. The van der Waals surface area contributed by atoms with Crippen LogP contribution in [0.5, 0.6) is 0 Å². The van der Waals surface area contributed by atoms with Crippen molar-refractivity contribution in [3.8, 4) is 0 Å². The van der Waals surface area contributed by atoms with E-state index in [2.05, 4.69) is 14.8 Å². The van der Waals surface area contributed by atoms with E-state index in [1.54, 1.807) is 6.20 Å². The molecule has 0 aliphatic carbocycles.